The summed E-state index contributed by atoms with van der Waals surface area (Å²) in [6.07, 6.45) is 1.33. The fourth-order valence-electron chi connectivity index (χ4n) is 3.08. The van der Waals surface area contributed by atoms with Crippen LogP contribution in [0.2, 0.25) is 5.02 Å². The van der Waals surface area contributed by atoms with E-state index in [1.807, 2.05) is 43.3 Å². The molecule has 1 atom stereocenters. The van der Waals surface area contributed by atoms with Gasteiger partial charge in [0.2, 0.25) is 0 Å². The Hall–Kier alpha value is -2.99. The summed E-state index contributed by atoms with van der Waals surface area (Å²) in [5, 5.41) is 19.2. The molecule has 1 aliphatic heterocycles. The third kappa shape index (κ3) is 3.75. The zero-order valence-electron chi connectivity index (χ0n) is 14.9. The van der Waals surface area contributed by atoms with Crippen LogP contribution in [0.1, 0.15) is 18.0 Å². The minimum absolute atomic E-state index is 0.00570. The standard InChI is InChI=1S/C20H19ClN2O4/c1-22(2)13-5-3-12(4-6-13)18-10-19(25)15(20(26)27)11-23(18)17-8-7-14(24)9-16(17)21/h3-9,11,18,24H,10H2,1-2H3,(H,26,27). The van der Waals surface area contributed by atoms with Crippen LogP contribution in [0.25, 0.3) is 0 Å². The summed E-state index contributed by atoms with van der Waals surface area (Å²) < 4.78 is 0. The molecule has 0 saturated heterocycles. The summed E-state index contributed by atoms with van der Waals surface area (Å²) in [5.74, 6) is -1.71. The molecule has 0 radical (unpaired) electrons. The molecule has 140 valence electrons. The summed E-state index contributed by atoms with van der Waals surface area (Å²) in [6.45, 7) is 0. The fourth-order valence-corrected chi connectivity index (χ4v) is 3.35. The number of ketones is 1. The number of hydrogen-bond acceptors (Lipinski definition) is 5. The van der Waals surface area contributed by atoms with E-state index >= 15 is 0 Å². The van der Waals surface area contributed by atoms with Crippen molar-refractivity contribution in [2.24, 2.45) is 0 Å². The first kappa shape index (κ1) is 18.8. The maximum absolute atomic E-state index is 12.4. The number of carbonyl (C=O) groups excluding carboxylic acids is 1. The molecular weight excluding hydrogens is 368 g/mol. The zero-order chi connectivity index (χ0) is 19.7. The Morgan fingerprint density at radius 2 is 1.85 bits per heavy atom. The van der Waals surface area contributed by atoms with Crippen LogP contribution in [0.3, 0.4) is 0 Å². The number of hydrogen-bond donors (Lipinski definition) is 2. The molecule has 0 fully saturated rings. The van der Waals surface area contributed by atoms with Crippen LogP contribution < -0.4 is 9.80 Å². The number of phenols is 1. The van der Waals surface area contributed by atoms with Gasteiger partial charge in [-0.2, -0.15) is 0 Å². The highest BCUT2D eigenvalue weighted by molar-refractivity contribution is 6.33. The van der Waals surface area contributed by atoms with Crippen molar-refractivity contribution in [2.75, 3.05) is 23.9 Å². The van der Waals surface area contributed by atoms with Crippen LogP contribution in [-0.2, 0) is 9.59 Å². The molecule has 27 heavy (non-hydrogen) atoms. The number of carboxylic acids is 1. The van der Waals surface area contributed by atoms with E-state index in [1.54, 1.807) is 11.0 Å². The van der Waals surface area contributed by atoms with Gasteiger partial charge in [-0.15, -0.1) is 0 Å². The largest absolute Gasteiger partial charge is 0.508 e. The smallest absolute Gasteiger partial charge is 0.340 e. The SMILES string of the molecule is CN(C)c1ccc(C2CC(=O)C(C(=O)O)=CN2c2ccc(O)cc2Cl)cc1. The van der Waals surface area contributed by atoms with Crippen LogP contribution in [0.5, 0.6) is 5.75 Å². The molecule has 0 bridgehead atoms. The van der Waals surface area contributed by atoms with Crippen molar-refractivity contribution in [3.8, 4) is 5.75 Å². The molecular formula is C20H19ClN2O4. The number of carboxylic acid groups (broad SMARTS) is 1. The Kier molecular flexibility index (Phi) is 5.10. The van der Waals surface area contributed by atoms with Crippen LogP contribution in [0, 0.1) is 0 Å². The molecule has 2 aromatic rings. The van der Waals surface area contributed by atoms with Gasteiger partial charge in [0, 0.05) is 38.5 Å². The van der Waals surface area contributed by atoms with E-state index in [4.69, 9.17) is 11.6 Å². The number of nitrogens with zero attached hydrogens (tertiary/aromatic N) is 2. The summed E-state index contributed by atoms with van der Waals surface area (Å²) in [4.78, 5) is 27.4. The molecule has 0 aromatic heterocycles. The van der Waals surface area contributed by atoms with Crippen LogP contribution in [0.15, 0.2) is 54.2 Å². The molecule has 0 amide bonds. The van der Waals surface area contributed by atoms with Gasteiger partial charge in [0.15, 0.2) is 5.78 Å². The molecule has 1 heterocycles. The van der Waals surface area contributed by atoms with E-state index in [1.165, 1.54) is 18.3 Å². The lowest BCUT2D eigenvalue weighted by Crippen LogP contribution is -2.33. The molecule has 2 aromatic carbocycles. The van der Waals surface area contributed by atoms with Crippen molar-refractivity contribution in [1.29, 1.82) is 0 Å². The van der Waals surface area contributed by atoms with Crippen LogP contribution in [0.4, 0.5) is 11.4 Å². The number of benzene rings is 2. The zero-order valence-corrected chi connectivity index (χ0v) is 15.6. The number of carbonyl (C=O) groups is 2. The molecule has 1 unspecified atom stereocenters. The van der Waals surface area contributed by atoms with Gasteiger partial charge in [0.1, 0.15) is 11.3 Å². The normalized spacial score (nSPS) is 16.9. The maximum atomic E-state index is 12.4. The summed E-state index contributed by atoms with van der Waals surface area (Å²) >= 11 is 6.28. The first-order valence-electron chi connectivity index (χ1n) is 8.30. The van der Waals surface area contributed by atoms with Gasteiger partial charge < -0.3 is 20.0 Å². The highest BCUT2D eigenvalue weighted by Crippen LogP contribution is 2.40. The monoisotopic (exact) mass is 386 g/mol. The van der Waals surface area contributed by atoms with Crippen molar-refractivity contribution in [3.63, 3.8) is 0 Å². The Bertz CT molecular complexity index is 922. The third-order valence-electron chi connectivity index (χ3n) is 4.52. The van der Waals surface area contributed by atoms with E-state index in [-0.39, 0.29) is 22.8 Å². The van der Waals surface area contributed by atoms with Gasteiger partial charge in [-0.1, -0.05) is 23.7 Å². The quantitative estimate of drug-likeness (QED) is 0.781. The minimum atomic E-state index is -1.28. The summed E-state index contributed by atoms with van der Waals surface area (Å²) in [7, 11) is 3.87. The van der Waals surface area contributed by atoms with Crippen LogP contribution >= 0.6 is 11.6 Å². The van der Waals surface area contributed by atoms with Crippen molar-refractivity contribution >= 4 is 34.7 Å². The Morgan fingerprint density at radius 3 is 2.41 bits per heavy atom. The van der Waals surface area contributed by atoms with Crippen molar-refractivity contribution < 1.29 is 19.8 Å². The van der Waals surface area contributed by atoms with Gasteiger partial charge in [0.05, 0.1) is 16.8 Å². The average molecular weight is 387 g/mol. The van der Waals surface area contributed by atoms with E-state index in [2.05, 4.69) is 0 Å². The fraction of sp³-hybridized carbons (Fsp3) is 0.200. The predicted molar refractivity (Wildman–Crippen MR) is 104 cm³/mol. The number of Topliss-reactive ketones (excluding diaryl/α,β-unsaturated/α-hetero) is 1. The molecule has 3 rings (SSSR count). The van der Waals surface area contributed by atoms with E-state index < -0.39 is 17.8 Å². The molecule has 6 nitrogen and oxygen atoms in total. The lowest BCUT2D eigenvalue weighted by atomic mass is 9.92. The second-order valence-electron chi connectivity index (χ2n) is 6.52. The number of rotatable bonds is 4. The Balaban J connectivity index is 2.10. The predicted octanol–water partition coefficient (Wildman–Crippen LogP) is 3.60. The van der Waals surface area contributed by atoms with Crippen molar-refractivity contribution in [1.82, 2.24) is 0 Å². The molecule has 0 aliphatic carbocycles. The topological polar surface area (TPSA) is 81.1 Å². The first-order valence-corrected chi connectivity index (χ1v) is 8.68. The molecule has 7 heteroatoms. The van der Waals surface area contributed by atoms with E-state index in [9.17, 15) is 19.8 Å². The number of aromatic hydroxyl groups is 1. The van der Waals surface area contributed by atoms with E-state index in [0.29, 0.717) is 5.69 Å². The molecule has 1 aliphatic rings. The molecule has 0 saturated carbocycles. The molecule has 0 spiro atoms. The number of halogens is 1. The van der Waals surface area contributed by atoms with Crippen LogP contribution in [-0.4, -0.2) is 36.1 Å². The van der Waals surface area contributed by atoms with Gasteiger partial charge in [-0.05, 0) is 29.8 Å². The Morgan fingerprint density at radius 1 is 1.19 bits per heavy atom. The minimum Gasteiger partial charge on any atom is -0.508 e. The van der Waals surface area contributed by atoms with Gasteiger partial charge >= 0.3 is 5.97 Å². The first-order chi connectivity index (χ1) is 12.8. The Labute approximate surface area is 161 Å². The maximum Gasteiger partial charge on any atom is 0.340 e. The van der Waals surface area contributed by atoms with Crippen molar-refractivity contribution in [3.05, 3.63) is 64.8 Å². The highest BCUT2D eigenvalue weighted by atomic mass is 35.5. The van der Waals surface area contributed by atoms with Gasteiger partial charge in [-0.3, -0.25) is 4.79 Å². The third-order valence-corrected chi connectivity index (χ3v) is 4.82. The van der Waals surface area contributed by atoms with Gasteiger partial charge in [-0.25, -0.2) is 4.79 Å². The number of aliphatic carboxylic acids is 1. The van der Waals surface area contributed by atoms with E-state index in [0.717, 1.165) is 11.3 Å². The molecule has 2 N–H and O–H groups in total. The number of anilines is 2. The lowest BCUT2D eigenvalue weighted by Gasteiger charge is -2.35. The lowest BCUT2D eigenvalue weighted by molar-refractivity contribution is -0.134. The second kappa shape index (κ2) is 7.32. The summed E-state index contributed by atoms with van der Waals surface area (Å²) in [6, 6.07) is 11.7. The average Bonchev–Trinajstić information content (AvgIpc) is 2.61. The highest BCUT2D eigenvalue weighted by Gasteiger charge is 2.33. The second-order valence-corrected chi connectivity index (χ2v) is 6.93. The summed E-state index contributed by atoms with van der Waals surface area (Å²) in [5.41, 5.74) is 2.10. The van der Waals surface area contributed by atoms with Crippen molar-refractivity contribution in [2.45, 2.75) is 12.5 Å². The number of phenolic OH excluding ortho intramolecular Hbond substituents is 1. The van der Waals surface area contributed by atoms with Gasteiger partial charge in [0.25, 0.3) is 0 Å².